The molecule has 0 unspecified atom stereocenters. The monoisotopic (exact) mass is 338 g/mol. The van der Waals surface area contributed by atoms with Crippen molar-refractivity contribution in [2.24, 2.45) is 0 Å². The van der Waals surface area contributed by atoms with Crippen molar-refractivity contribution in [3.05, 3.63) is 24.3 Å². The molecular weight excluding hydrogens is 312 g/mol. The van der Waals surface area contributed by atoms with E-state index in [9.17, 15) is 0 Å². The highest BCUT2D eigenvalue weighted by Crippen LogP contribution is 2.19. The van der Waals surface area contributed by atoms with Crippen LogP contribution < -0.4 is 9.47 Å². The van der Waals surface area contributed by atoms with Gasteiger partial charge in [0.05, 0.1) is 13.2 Å². The van der Waals surface area contributed by atoms with Gasteiger partial charge >= 0.3 is 0 Å². The number of piperazine rings is 1. The van der Waals surface area contributed by atoms with E-state index in [2.05, 4.69) is 28.6 Å². The second-order valence-electron chi connectivity index (χ2n) is 5.26. The van der Waals surface area contributed by atoms with Crippen LogP contribution in [0.25, 0.3) is 0 Å². The van der Waals surface area contributed by atoms with Crippen molar-refractivity contribution in [1.82, 2.24) is 9.80 Å². The van der Waals surface area contributed by atoms with Crippen molar-refractivity contribution in [3.63, 3.8) is 0 Å². The normalized spacial score (nSPS) is 15.2. The fourth-order valence-electron chi connectivity index (χ4n) is 2.42. The van der Waals surface area contributed by atoms with Crippen LogP contribution in [0.1, 0.15) is 13.8 Å². The molecule has 1 heterocycles. The van der Waals surface area contributed by atoms with E-state index in [-0.39, 0.29) is 12.4 Å². The number of ether oxygens (including phenoxy) is 2. The highest BCUT2D eigenvalue weighted by molar-refractivity contribution is 5.85. The molecule has 1 aromatic carbocycles. The Labute approximate surface area is 146 Å². The lowest BCUT2D eigenvalue weighted by atomic mass is 10.3. The third kappa shape index (κ3) is 7.13. The van der Waals surface area contributed by atoms with Gasteiger partial charge in [-0.15, -0.1) is 12.4 Å². The third-order valence-corrected chi connectivity index (χ3v) is 3.77. The minimum atomic E-state index is 0. The van der Waals surface area contributed by atoms with Crippen molar-refractivity contribution in [2.45, 2.75) is 13.8 Å². The quantitative estimate of drug-likeness (QED) is 0.744. The SMILES string of the molecule is CCOc1cccc(OCC#CCN2CCN(CC)CC2)c1.Cl. The predicted octanol–water partition coefficient (Wildman–Crippen LogP) is 2.53. The van der Waals surface area contributed by atoms with Gasteiger partial charge in [0.2, 0.25) is 0 Å². The van der Waals surface area contributed by atoms with Crippen LogP contribution in [0.4, 0.5) is 0 Å². The molecule has 1 aromatic rings. The highest BCUT2D eigenvalue weighted by Gasteiger charge is 2.13. The van der Waals surface area contributed by atoms with Crippen LogP contribution in [0.5, 0.6) is 11.5 Å². The van der Waals surface area contributed by atoms with Crippen LogP contribution >= 0.6 is 12.4 Å². The number of halogens is 1. The standard InChI is InChI=1S/C18H26N2O2.ClH/c1-3-19-11-13-20(14-12-19)10-5-6-15-22-18-9-7-8-17(16-18)21-4-2;/h7-9,16H,3-4,10-15H2,1-2H3;1H. The van der Waals surface area contributed by atoms with Gasteiger partial charge in [-0.05, 0) is 25.6 Å². The van der Waals surface area contributed by atoms with E-state index in [0.29, 0.717) is 13.2 Å². The van der Waals surface area contributed by atoms with Crippen LogP contribution in [0, 0.1) is 11.8 Å². The molecule has 0 aromatic heterocycles. The summed E-state index contributed by atoms with van der Waals surface area (Å²) in [5, 5.41) is 0. The molecule has 0 N–H and O–H groups in total. The van der Waals surface area contributed by atoms with Gasteiger partial charge in [-0.2, -0.15) is 0 Å². The average molecular weight is 339 g/mol. The van der Waals surface area contributed by atoms with Gasteiger partial charge in [0.25, 0.3) is 0 Å². The van der Waals surface area contributed by atoms with E-state index in [4.69, 9.17) is 9.47 Å². The van der Waals surface area contributed by atoms with E-state index in [1.165, 1.54) is 0 Å². The van der Waals surface area contributed by atoms with Crippen LogP contribution in [0.2, 0.25) is 0 Å². The Morgan fingerprint density at radius 2 is 1.61 bits per heavy atom. The number of benzene rings is 1. The molecule has 0 saturated carbocycles. The number of nitrogens with zero attached hydrogens (tertiary/aromatic N) is 2. The number of rotatable bonds is 6. The molecule has 0 bridgehead atoms. The second kappa shape index (κ2) is 11.2. The molecule has 1 aliphatic rings. The lowest BCUT2D eigenvalue weighted by Gasteiger charge is -2.32. The Hall–Kier alpha value is -1.41. The third-order valence-electron chi connectivity index (χ3n) is 3.77. The van der Waals surface area contributed by atoms with E-state index in [1.807, 2.05) is 31.2 Å². The Balaban J connectivity index is 0.00000264. The van der Waals surface area contributed by atoms with Gasteiger partial charge in [0.1, 0.15) is 18.1 Å². The smallest absolute Gasteiger partial charge is 0.149 e. The van der Waals surface area contributed by atoms with Crippen LogP contribution in [0.15, 0.2) is 24.3 Å². The largest absolute Gasteiger partial charge is 0.494 e. The van der Waals surface area contributed by atoms with Crippen molar-refractivity contribution < 1.29 is 9.47 Å². The molecule has 0 amide bonds. The maximum Gasteiger partial charge on any atom is 0.149 e. The van der Waals surface area contributed by atoms with Gasteiger partial charge < -0.3 is 14.4 Å². The highest BCUT2D eigenvalue weighted by atomic mass is 35.5. The van der Waals surface area contributed by atoms with Crippen LogP contribution in [-0.4, -0.2) is 62.3 Å². The van der Waals surface area contributed by atoms with Crippen LogP contribution in [-0.2, 0) is 0 Å². The zero-order valence-electron chi connectivity index (χ0n) is 14.1. The van der Waals surface area contributed by atoms with E-state index < -0.39 is 0 Å². The molecule has 1 aliphatic heterocycles. The summed E-state index contributed by atoms with van der Waals surface area (Å²) in [4.78, 5) is 4.87. The maximum atomic E-state index is 5.64. The first-order valence-corrected chi connectivity index (χ1v) is 8.08. The summed E-state index contributed by atoms with van der Waals surface area (Å²) in [6.45, 7) is 11.8. The zero-order valence-corrected chi connectivity index (χ0v) is 14.9. The molecule has 2 rings (SSSR count). The molecule has 5 heteroatoms. The second-order valence-corrected chi connectivity index (χ2v) is 5.26. The molecule has 0 spiro atoms. The summed E-state index contributed by atoms with van der Waals surface area (Å²) in [6, 6.07) is 7.68. The van der Waals surface area contributed by atoms with Gasteiger partial charge in [-0.3, -0.25) is 4.90 Å². The van der Waals surface area contributed by atoms with Crippen molar-refractivity contribution in [2.75, 3.05) is 52.5 Å². The molecule has 0 aliphatic carbocycles. The summed E-state index contributed by atoms with van der Waals surface area (Å²) in [5.74, 6) is 7.93. The Kier molecular flexibility index (Phi) is 9.54. The molecule has 128 valence electrons. The first-order chi connectivity index (χ1) is 10.8. The van der Waals surface area contributed by atoms with E-state index in [0.717, 1.165) is 50.8 Å². The first kappa shape index (κ1) is 19.6. The predicted molar refractivity (Wildman–Crippen MR) is 96.7 cm³/mol. The summed E-state index contributed by atoms with van der Waals surface area (Å²) in [7, 11) is 0. The summed E-state index contributed by atoms with van der Waals surface area (Å²) >= 11 is 0. The van der Waals surface area contributed by atoms with E-state index >= 15 is 0 Å². The Bertz CT molecular complexity index is 505. The van der Waals surface area contributed by atoms with Crippen molar-refractivity contribution in [1.29, 1.82) is 0 Å². The van der Waals surface area contributed by atoms with Crippen LogP contribution in [0.3, 0.4) is 0 Å². The fourth-order valence-corrected chi connectivity index (χ4v) is 2.42. The minimum Gasteiger partial charge on any atom is -0.494 e. The topological polar surface area (TPSA) is 24.9 Å². The molecule has 23 heavy (non-hydrogen) atoms. The lowest BCUT2D eigenvalue weighted by Crippen LogP contribution is -2.46. The Morgan fingerprint density at radius 3 is 2.26 bits per heavy atom. The van der Waals surface area contributed by atoms with E-state index in [1.54, 1.807) is 0 Å². The fraction of sp³-hybridized carbons (Fsp3) is 0.556. The summed E-state index contributed by atoms with van der Waals surface area (Å²) in [5.41, 5.74) is 0. The molecule has 4 nitrogen and oxygen atoms in total. The van der Waals surface area contributed by atoms with Gasteiger partial charge in [-0.25, -0.2) is 0 Å². The zero-order chi connectivity index (χ0) is 15.6. The minimum absolute atomic E-state index is 0. The van der Waals surface area contributed by atoms with Crippen molar-refractivity contribution in [3.8, 4) is 23.3 Å². The number of hydrogen-bond donors (Lipinski definition) is 0. The summed E-state index contributed by atoms with van der Waals surface area (Å²) in [6.07, 6.45) is 0. The molecule has 0 atom stereocenters. The first-order valence-electron chi connectivity index (χ1n) is 8.08. The van der Waals surface area contributed by atoms with Gasteiger partial charge in [-0.1, -0.05) is 24.8 Å². The number of hydrogen-bond acceptors (Lipinski definition) is 4. The lowest BCUT2D eigenvalue weighted by molar-refractivity contribution is 0.149. The van der Waals surface area contributed by atoms with Gasteiger partial charge in [0.15, 0.2) is 0 Å². The van der Waals surface area contributed by atoms with Gasteiger partial charge in [0, 0.05) is 32.2 Å². The molecular formula is C18H27ClN2O2. The Morgan fingerprint density at radius 1 is 0.957 bits per heavy atom. The molecule has 0 radical (unpaired) electrons. The molecule has 1 saturated heterocycles. The maximum absolute atomic E-state index is 5.64. The summed E-state index contributed by atoms with van der Waals surface area (Å²) < 4.78 is 11.1. The van der Waals surface area contributed by atoms with Crippen molar-refractivity contribution >= 4 is 12.4 Å². The molecule has 1 fully saturated rings. The average Bonchev–Trinajstić information content (AvgIpc) is 2.56. The number of likely N-dealkylation sites (N-methyl/N-ethyl adjacent to an activating group) is 1.